The van der Waals surface area contributed by atoms with Crippen LogP contribution < -0.4 is 0 Å². The van der Waals surface area contributed by atoms with Crippen molar-refractivity contribution in [2.24, 2.45) is 5.41 Å². The number of carboxylic acids is 1. The zero-order chi connectivity index (χ0) is 17.9. The molecule has 1 amide bonds. The summed E-state index contributed by atoms with van der Waals surface area (Å²) in [6.07, 6.45) is 4.04. The Morgan fingerprint density at radius 2 is 2.08 bits per heavy atom. The van der Waals surface area contributed by atoms with E-state index in [-0.39, 0.29) is 18.9 Å². The van der Waals surface area contributed by atoms with Gasteiger partial charge in [-0.3, -0.25) is 14.7 Å². The number of aryl methyl sites for hydroxylation is 2. The molecule has 0 saturated carbocycles. The van der Waals surface area contributed by atoms with Gasteiger partial charge in [0.25, 0.3) is 0 Å². The minimum absolute atomic E-state index is 0.0230. The average molecular weight is 333 g/mol. The fraction of sp³-hybridized carbons (Fsp3) is 0.611. The van der Waals surface area contributed by atoms with Crippen molar-refractivity contribution >= 4 is 11.9 Å². The lowest BCUT2D eigenvalue weighted by molar-refractivity contribution is -0.154. The topological polar surface area (TPSA) is 86.3 Å². The molecule has 1 aromatic rings. The van der Waals surface area contributed by atoms with Crippen molar-refractivity contribution in [1.82, 2.24) is 15.1 Å². The highest BCUT2D eigenvalue weighted by Gasteiger charge is 2.42. The Balaban J connectivity index is 2.14. The summed E-state index contributed by atoms with van der Waals surface area (Å²) in [6, 6.07) is 0. The van der Waals surface area contributed by atoms with Crippen LogP contribution in [0, 0.1) is 19.3 Å². The summed E-state index contributed by atoms with van der Waals surface area (Å²) in [5.74, 6) is -0.835. The van der Waals surface area contributed by atoms with Gasteiger partial charge >= 0.3 is 5.97 Å². The zero-order valence-electron chi connectivity index (χ0n) is 15.0. The number of aromatic amines is 1. The molecule has 6 nitrogen and oxygen atoms in total. The van der Waals surface area contributed by atoms with E-state index in [1.807, 2.05) is 33.8 Å². The van der Waals surface area contributed by atoms with Crippen LogP contribution in [0.5, 0.6) is 0 Å². The molecule has 132 valence electrons. The minimum atomic E-state index is -0.869. The third-order valence-corrected chi connectivity index (χ3v) is 4.89. The molecular formula is C18H27N3O3. The third-order valence-electron chi connectivity index (χ3n) is 4.89. The third kappa shape index (κ3) is 3.86. The minimum Gasteiger partial charge on any atom is -0.481 e. The molecule has 2 rings (SSSR count). The van der Waals surface area contributed by atoms with Gasteiger partial charge in [-0.25, -0.2) is 0 Å². The number of nitrogens with zero attached hydrogens (tertiary/aromatic N) is 2. The number of allylic oxidation sites excluding steroid dienone is 2. The number of aliphatic carboxylic acids is 1. The normalized spacial score (nSPS) is 20.8. The number of likely N-dealkylation sites (tertiary alicyclic amines) is 1. The maximum Gasteiger partial charge on any atom is 0.311 e. The Bertz CT molecular complexity index is 639. The summed E-state index contributed by atoms with van der Waals surface area (Å²) in [5, 5.41) is 16.8. The lowest BCUT2D eigenvalue weighted by Gasteiger charge is -2.39. The predicted molar refractivity (Wildman–Crippen MR) is 91.7 cm³/mol. The van der Waals surface area contributed by atoms with Crippen LogP contribution in [0.15, 0.2) is 11.6 Å². The van der Waals surface area contributed by atoms with E-state index >= 15 is 0 Å². The van der Waals surface area contributed by atoms with Crippen LogP contribution in [0.25, 0.3) is 0 Å². The first-order chi connectivity index (χ1) is 11.2. The predicted octanol–water partition coefficient (Wildman–Crippen LogP) is 2.62. The number of carbonyl (C=O) groups is 2. The quantitative estimate of drug-likeness (QED) is 0.811. The van der Waals surface area contributed by atoms with Gasteiger partial charge in [0, 0.05) is 24.3 Å². The standard InChI is InChI=1S/C18H27N3O3/c1-12(2)6-8-18(17(23)24)7-5-9-21(11-18)16(22)10-15-13(3)19-20-14(15)4/h6H,5,7-11H2,1-4H3,(H,19,20)(H,23,24). The molecule has 1 aliphatic rings. The lowest BCUT2D eigenvalue weighted by Crippen LogP contribution is -2.50. The van der Waals surface area contributed by atoms with E-state index in [9.17, 15) is 14.7 Å². The van der Waals surface area contributed by atoms with Gasteiger partial charge in [0.1, 0.15) is 0 Å². The summed E-state index contributed by atoms with van der Waals surface area (Å²) in [4.78, 5) is 26.3. The monoisotopic (exact) mass is 333 g/mol. The van der Waals surface area contributed by atoms with Crippen LogP contribution in [-0.2, 0) is 16.0 Å². The number of aromatic nitrogens is 2. The molecule has 2 heterocycles. The Morgan fingerprint density at radius 3 is 2.62 bits per heavy atom. The van der Waals surface area contributed by atoms with Crippen LogP contribution in [0.3, 0.4) is 0 Å². The fourth-order valence-electron chi connectivity index (χ4n) is 3.27. The highest BCUT2D eigenvalue weighted by molar-refractivity contribution is 5.81. The smallest absolute Gasteiger partial charge is 0.311 e. The van der Waals surface area contributed by atoms with E-state index < -0.39 is 11.4 Å². The molecule has 1 aromatic heterocycles. The molecule has 1 saturated heterocycles. The zero-order valence-corrected chi connectivity index (χ0v) is 15.0. The first-order valence-electron chi connectivity index (χ1n) is 8.40. The van der Waals surface area contributed by atoms with Crippen molar-refractivity contribution in [3.8, 4) is 0 Å². The van der Waals surface area contributed by atoms with Crippen LogP contribution in [0.2, 0.25) is 0 Å². The Hall–Kier alpha value is -2.11. The first kappa shape index (κ1) is 18.2. The summed E-state index contributed by atoms with van der Waals surface area (Å²) in [6.45, 7) is 8.60. The highest BCUT2D eigenvalue weighted by Crippen LogP contribution is 2.35. The van der Waals surface area contributed by atoms with Gasteiger partial charge in [-0.1, -0.05) is 11.6 Å². The maximum absolute atomic E-state index is 12.7. The number of carboxylic acid groups (broad SMARTS) is 1. The molecule has 0 bridgehead atoms. The number of hydrogen-bond donors (Lipinski definition) is 2. The van der Waals surface area contributed by atoms with Gasteiger partial charge in [0.15, 0.2) is 0 Å². The maximum atomic E-state index is 12.7. The molecule has 0 radical (unpaired) electrons. The summed E-state index contributed by atoms with van der Waals surface area (Å²) in [5.41, 5.74) is 2.87. The number of amides is 1. The Morgan fingerprint density at radius 1 is 1.38 bits per heavy atom. The van der Waals surface area contributed by atoms with E-state index in [2.05, 4.69) is 10.2 Å². The number of H-pyrrole nitrogens is 1. The van der Waals surface area contributed by atoms with Crippen molar-refractivity contribution in [3.05, 3.63) is 28.6 Å². The highest BCUT2D eigenvalue weighted by atomic mass is 16.4. The Kier molecular flexibility index (Phi) is 5.47. The van der Waals surface area contributed by atoms with Gasteiger partial charge in [0.2, 0.25) is 5.91 Å². The van der Waals surface area contributed by atoms with Gasteiger partial charge in [-0.2, -0.15) is 5.10 Å². The molecule has 1 unspecified atom stereocenters. The van der Waals surface area contributed by atoms with Crippen LogP contribution in [0.4, 0.5) is 0 Å². The van der Waals surface area contributed by atoms with E-state index in [4.69, 9.17) is 0 Å². The summed E-state index contributed by atoms with van der Waals surface area (Å²) < 4.78 is 0. The SMILES string of the molecule is CC(C)=CCC1(C(=O)O)CCCN(C(=O)Cc2c(C)n[nH]c2C)C1. The fourth-order valence-corrected chi connectivity index (χ4v) is 3.27. The second-order valence-corrected chi connectivity index (χ2v) is 7.08. The van der Waals surface area contributed by atoms with Crippen molar-refractivity contribution < 1.29 is 14.7 Å². The van der Waals surface area contributed by atoms with Crippen LogP contribution in [0.1, 0.15) is 50.1 Å². The number of rotatable bonds is 5. The molecule has 24 heavy (non-hydrogen) atoms. The number of piperidine rings is 1. The van der Waals surface area contributed by atoms with Crippen molar-refractivity contribution in [2.75, 3.05) is 13.1 Å². The van der Waals surface area contributed by atoms with Crippen LogP contribution in [-0.4, -0.2) is 45.2 Å². The molecule has 0 spiro atoms. The molecule has 2 N–H and O–H groups in total. The molecule has 1 fully saturated rings. The molecule has 6 heteroatoms. The van der Waals surface area contributed by atoms with Gasteiger partial charge in [-0.15, -0.1) is 0 Å². The summed E-state index contributed by atoms with van der Waals surface area (Å²) >= 11 is 0. The van der Waals surface area contributed by atoms with Gasteiger partial charge in [-0.05, 0) is 47.0 Å². The Labute approximate surface area is 142 Å². The number of nitrogens with one attached hydrogen (secondary N) is 1. The van der Waals surface area contributed by atoms with E-state index in [0.29, 0.717) is 19.4 Å². The molecular weight excluding hydrogens is 306 g/mol. The van der Waals surface area contributed by atoms with Crippen LogP contribution >= 0.6 is 0 Å². The van der Waals surface area contributed by atoms with E-state index in [1.165, 1.54) is 0 Å². The average Bonchev–Trinajstić information content (AvgIpc) is 2.85. The molecule has 1 aliphatic heterocycles. The van der Waals surface area contributed by atoms with Gasteiger partial charge < -0.3 is 10.0 Å². The second kappa shape index (κ2) is 7.20. The molecule has 0 aromatic carbocycles. The molecule has 1 atom stereocenters. The van der Waals surface area contributed by atoms with E-state index in [0.717, 1.165) is 28.9 Å². The van der Waals surface area contributed by atoms with Gasteiger partial charge in [0.05, 0.1) is 17.5 Å². The van der Waals surface area contributed by atoms with Crippen molar-refractivity contribution in [2.45, 2.75) is 53.4 Å². The van der Waals surface area contributed by atoms with Crippen molar-refractivity contribution in [3.63, 3.8) is 0 Å². The first-order valence-corrected chi connectivity index (χ1v) is 8.40. The van der Waals surface area contributed by atoms with E-state index in [1.54, 1.807) is 4.90 Å². The number of carbonyl (C=O) groups excluding carboxylic acids is 1. The van der Waals surface area contributed by atoms with Crippen molar-refractivity contribution in [1.29, 1.82) is 0 Å². The lowest BCUT2D eigenvalue weighted by atomic mass is 9.76. The molecule has 0 aliphatic carbocycles. The second-order valence-electron chi connectivity index (χ2n) is 7.08. The number of hydrogen-bond acceptors (Lipinski definition) is 3. The summed E-state index contributed by atoms with van der Waals surface area (Å²) in [7, 11) is 0. The largest absolute Gasteiger partial charge is 0.481 e.